The van der Waals surface area contributed by atoms with Gasteiger partial charge >= 0.3 is 0 Å². The second-order valence-corrected chi connectivity index (χ2v) is 9.49. The second kappa shape index (κ2) is 11.2. The number of ether oxygens (including phenoxy) is 2. The molecular formula is C28H31FN4O5. The van der Waals surface area contributed by atoms with E-state index in [4.69, 9.17) is 9.47 Å². The van der Waals surface area contributed by atoms with Crippen LogP contribution in [0.25, 0.3) is 0 Å². The molecule has 2 heterocycles. The molecule has 0 unspecified atom stereocenters. The lowest BCUT2D eigenvalue weighted by Crippen LogP contribution is -2.35. The Bertz CT molecular complexity index is 1430. The van der Waals surface area contributed by atoms with Gasteiger partial charge in [0.25, 0.3) is 11.5 Å². The van der Waals surface area contributed by atoms with E-state index in [2.05, 4.69) is 5.32 Å². The molecule has 200 valence electrons. The molecule has 1 aliphatic heterocycles. The van der Waals surface area contributed by atoms with Crippen LogP contribution in [0.5, 0.6) is 0 Å². The van der Waals surface area contributed by atoms with E-state index in [1.807, 2.05) is 6.07 Å². The van der Waals surface area contributed by atoms with E-state index in [0.717, 1.165) is 11.1 Å². The summed E-state index contributed by atoms with van der Waals surface area (Å²) in [5.41, 5.74) is 1.97. The smallest absolute Gasteiger partial charge is 0.259 e. The maximum absolute atomic E-state index is 14.8. The van der Waals surface area contributed by atoms with Crippen molar-refractivity contribution in [1.29, 1.82) is 0 Å². The van der Waals surface area contributed by atoms with Crippen molar-refractivity contribution >= 4 is 35.2 Å². The molecule has 1 aromatic heterocycles. The standard InChI is InChI=1S/C28H31FN4O5/c1-17-9-10-23(22(29)11-17)30-26-24(28(36)31(3)4)25(18(2)27(35)32(26)5)33(16-34)20-8-6-7-19(12-20)13-38-21-14-37-15-21/h6-12,16,21,30H,13-15H2,1-5H3. The average Bonchev–Trinajstić information content (AvgIpc) is 2.86. The van der Waals surface area contributed by atoms with Crippen molar-refractivity contribution in [3.63, 3.8) is 0 Å². The molecule has 1 N–H and O–H groups in total. The fourth-order valence-electron chi connectivity index (χ4n) is 4.21. The molecule has 2 amide bonds. The van der Waals surface area contributed by atoms with Crippen molar-refractivity contribution < 1.29 is 23.5 Å². The minimum absolute atomic E-state index is 0.0281. The van der Waals surface area contributed by atoms with Gasteiger partial charge in [0.2, 0.25) is 6.41 Å². The molecule has 0 saturated carbocycles. The molecule has 9 nitrogen and oxygen atoms in total. The van der Waals surface area contributed by atoms with Crippen LogP contribution in [0.3, 0.4) is 0 Å². The largest absolute Gasteiger partial charge is 0.376 e. The Balaban J connectivity index is 1.87. The van der Waals surface area contributed by atoms with Crippen LogP contribution < -0.4 is 15.8 Å². The Morgan fingerprint density at radius 1 is 1.21 bits per heavy atom. The van der Waals surface area contributed by atoms with Crippen LogP contribution >= 0.6 is 0 Å². The summed E-state index contributed by atoms with van der Waals surface area (Å²) >= 11 is 0. The van der Waals surface area contributed by atoms with Crippen LogP contribution in [-0.4, -0.2) is 55.2 Å². The lowest BCUT2D eigenvalue weighted by Gasteiger charge is -2.28. The first-order valence-electron chi connectivity index (χ1n) is 12.1. The fraction of sp³-hybridized carbons (Fsp3) is 0.321. The van der Waals surface area contributed by atoms with Crippen LogP contribution in [0.15, 0.2) is 47.3 Å². The van der Waals surface area contributed by atoms with Crippen molar-refractivity contribution in [2.45, 2.75) is 26.6 Å². The third-order valence-electron chi connectivity index (χ3n) is 6.42. The maximum atomic E-state index is 14.8. The summed E-state index contributed by atoms with van der Waals surface area (Å²) in [5, 5.41) is 2.93. The number of anilines is 4. The zero-order valence-electron chi connectivity index (χ0n) is 22.1. The highest BCUT2D eigenvalue weighted by molar-refractivity contribution is 6.08. The van der Waals surface area contributed by atoms with Gasteiger partial charge in [-0.25, -0.2) is 4.39 Å². The van der Waals surface area contributed by atoms with Gasteiger partial charge in [-0.3, -0.25) is 23.9 Å². The predicted molar refractivity (Wildman–Crippen MR) is 143 cm³/mol. The van der Waals surface area contributed by atoms with Gasteiger partial charge in [0.1, 0.15) is 23.3 Å². The van der Waals surface area contributed by atoms with Crippen LogP contribution in [0, 0.1) is 19.7 Å². The third-order valence-corrected chi connectivity index (χ3v) is 6.42. The van der Waals surface area contributed by atoms with Gasteiger partial charge in [-0.2, -0.15) is 0 Å². The number of amides is 2. The van der Waals surface area contributed by atoms with E-state index in [9.17, 15) is 18.8 Å². The number of benzene rings is 2. The molecule has 10 heteroatoms. The minimum Gasteiger partial charge on any atom is -0.376 e. The van der Waals surface area contributed by atoms with Crippen molar-refractivity contribution in [3.8, 4) is 0 Å². The summed E-state index contributed by atoms with van der Waals surface area (Å²) in [6.07, 6.45) is 0.588. The number of carbonyl (C=O) groups excluding carboxylic acids is 2. The zero-order chi connectivity index (χ0) is 27.6. The van der Waals surface area contributed by atoms with Crippen LogP contribution in [0.4, 0.5) is 27.3 Å². The molecule has 2 aromatic carbocycles. The molecule has 0 bridgehead atoms. The SMILES string of the molecule is Cc1ccc(Nc2c(C(=O)N(C)C)c(N(C=O)c3cccc(COC4COC4)c3)c(C)c(=O)n2C)c(F)c1. The molecule has 4 rings (SSSR count). The number of nitrogens with one attached hydrogen (secondary N) is 1. The molecule has 0 atom stereocenters. The minimum atomic E-state index is -0.542. The lowest BCUT2D eigenvalue weighted by atomic mass is 10.1. The number of halogens is 1. The van der Waals surface area contributed by atoms with Crippen molar-refractivity contribution in [3.05, 3.63) is 80.9 Å². The fourth-order valence-corrected chi connectivity index (χ4v) is 4.21. The first-order chi connectivity index (χ1) is 18.1. The Labute approximate surface area is 220 Å². The molecule has 1 aliphatic rings. The average molecular weight is 523 g/mol. The molecule has 1 fully saturated rings. The van der Waals surface area contributed by atoms with E-state index in [0.29, 0.717) is 31.9 Å². The number of hydrogen-bond acceptors (Lipinski definition) is 6. The summed E-state index contributed by atoms with van der Waals surface area (Å²) in [6.45, 7) is 4.71. The van der Waals surface area contributed by atoms with E-state index in [-0.39, 0.29) is 34.4 Å². The van der Waals surface area contributed by atoms with Crippen molar-refractivity contribution in [2.24, 2.45) is 7.05 Å². The molecule has 0 aliphatic carbocycles. The Hall–Kier alpha value is -4.02. The molecule has 38 heavy (non-hydrogen) atoms. The number of carbonyl (C=O) groups is 2. The van der Waals surface area contributed by atoms with Gasteiger partial charge in [-0.05, 0) is 49.2 Å². The number of nitrogens with zero attached hydrogens (tertiary/aromatic N) is 3. The van der Waals surface area contributed by atoms with E-state index in [1.165, 1.54) is 33.5 Å². The molecule has 0 spiro atoms. The van der Waals surface area contributed by atoms with Gasteiger partial charge in [-0.15, -0.1) is 0 Å². The maximum Gasteiger partial charge on any atom is 0.259 e. The van der Waals surface area contributed by atoms with E-state index < -0.39 is 17.3 Å². The Kier molecular flexibility index (Phi) is 7.94. The van der Waals surface area contributed by atoms with Gasteiger partial charge in [0.05, 0.1) is 31.2 Å². The number of rotatable bonds is 9. The third kappa shape index (κ3) is 5.32. The number of pyridine rings is 1. The topological polar surface area (TPSA) is 93.1 Å². The first kappa shape index (κ1) is 27.0. The second-order valence-electron chi connectivity index (χ2n) is 9.49. The Morgan fingerprint density at radius 2 is 1.95 bits per heavy atom. The highest BCUT2D eigenvalue weighted by atomic mass is 19.1. The summed E-state index contributed by atoms with van der Waals surface area (Å²) < 4.78 is 27.0. The summed E-state index contributed by atoms with van der Waals surface area (Å²) in [7, 11) is 4.62. The van der Waals surface area contributed by atoms with Crippen LogP contribution in [-0.2, 0) is 27.9 Å². The van der Waals surface area contributed by atoms with Crippen molar-refractivity contribution in [2.75, 3.05) is 37.5 Å². The molecular weight excluding hydrogens is 491 g/mol. The highest BCUT2D eigenvalue weighted by Crippen LogP contribution is 2.36. The van der Waals surface area contributed by atoms with E-state index in [1.54, 1.807) is 52.2 Å². The predicted octanol–water partition coefficient (Wildman–Crippen LogP) is 3.80. The summed E-state index contributed by atoms with van der Waals surface area (Å²) in [5.74, 6) is -0.946. The van der Waals surface area contributed by atoms with Gasteiger partial charge in [-0.1, -0.05) is 18.2 Å². The summed E-state index contributed by atoms with van der Waals surface area (Å²) in [4.78, 5) is 42.1. The highest BCUT2D eigenvalue weighted by Gasteiger charge is 2.29. The zero-order valence-corrected chi connectivity index (χ0v) is 22.1. The molecule has 3 aromatic rings. The first-order valence-corrected chi connectivity index (χ1v) is 12.1. The van der Waals surface area contributed by atoms with Crippen LogP contribution in [0.2, 0.25) is 0 Å². The molecule has 0 radical (unpaired) electrons. The van der Waals surface area contributed by atoms with Crippen molar-refractivity contribution in [1.82, 2.24) is 9.47 Å². The van der Waals surface area contributed by atoms with Gasteiger partial charge < -0.3 is 19.7 Å². The Morgan fingerprint density at radius 3 is 2.55 bits per heavy atom. The number of aromatic nitrogens is 1. The normalized spacial score (nSPS) is 13.1. The lowest BCUT2D eigenvalue weighted by molar-refractivity contribution is -0.135. The molecule has 1 saturated heterocycles. The van der Waals surface area contributed by atoms with Gasteiger partial charge in [0.15, 0.2) is 0 Å². The van der Waals surface area contributed by atoms with Crippen LogP contribution in [0.1, 0.15) is 27.0 Å². The summed E-state index contributed by atoms with van der Waals surface area (Å²) in [6, 6.07) is 11.7. The van der Waals surface area contributed by atoms with E-state index >= 15 is 0 Å². The monoisotopic (exact) mass is 522 g/mol. The number of aryl methyl sites for hydroxylation is 1. The quantitative estimate of drug-likeness (QED) is 0.430. The van der Waals surface area contributed by atoms with Gasteiger partial charge in [0, 0.05) is 32.4 Å². The number of hydrogen-bond donors (Lipinski definition) is 1.